The Morgan fingerprint density at radius 1 is 0.692 bits per heavy atom. The standard InChI is InChI=1S/C18H28O8/c19-14(20)8-4-6-12(16(23)24)18(10-2-1-3-11-18)13(17(25)26)7-5-9-15(21)22/h12-13H,1-11H2,(H,19,20)(H,21,22)(H,23,24)(H,25,26). The minimum absolute atomic E-state index is 0.115. The molecule has 0 amide bonds. The van der Waals surface area contributed by atoms with Crippen molar-refractivity contribution in [2.24, 2.45) is 17.3 Å². The van der Waals surface area contributed by atoms with Gasteiger partial charge in [0.05, 0.1) is 11.8 Å². The number of hydrogen-bond donors (Lipinski definition) is 4. The fourth-order valence-corrected chi connectivity index (χ4v) is 4.38. The van der Waals surface area contributed by atoms with E-state index in [4.69, 9.17) is 10.2 Å². The second-order valence-corrected chi connectivity index (χ2v) is 7.15. The van der Waals surface area contributed by atoms with E-state index >= 15 is 0 Å². The van der Waals surface area contributed by atoms with Crippen LogP contribution >= 0.6 is 0 Å². The summed E-state index contributed by atoms with van der Waals surface area (Å²) in [5, 5.41) is 37.1. The van der Waals surface area contributed by atoms with E-state index in [2.05, 4.69) is 0 Å². The van der Waals surface area contributed by atoms with Crippen LogP contribution in [0.2, 0.25) is 0 Å². The molecule has 0 spiro atoms. The van der Waals surface area contributed by atoms with Crippen LogP contribution in [0.15, 0.2) is 0 Å². The van der Waals surface area contributed by atoms with Gasteiger partial charge in [-0.25, -0.2) is 0 Å². The maximum atomic E-state index is 12.0. The molecular formula is C18H28O8. The molecule has 8 heteroatoms. The first-order valence-electron chi connectivity index (χ1n) is 9.10. The van der Waals surface area contributed by atoms with Crippen molar-refractivity contribution in [3.8, 4) is 0 Å². The molecule has 4 N–H and O–H groups in total. The van der Waals surface area contributed by atoms with Gasteiger partial charge in [0.1, 0.15) is 0 Å². The Kier molecular flexibility index (Phi) is 8.54. The van der Waals surface area contributed by atoms with Gasteiger partial charge >= 0.3 is 23.9 Å². The Labute approximate surface area is 152 Å². The number of hydrogen-bond acceptors (Lipinski definition) is 4. The van der Waals surface area contributed by atoms with Crippen molar-refractivity contribution in [3.05, 3.63) is 0 Å². The molecule has 1 fully saturated rings. The van der Waals surface area contributed by atoms with E-state index in [0.29, 0.717) is 12.8 Å². The SMILES string of the molecule is O=C(O)CCCC(C(=O)O)C1(C(CCCC(=O)O)C(=O)O)CCCCC1. The predicted molar refractivity (Wildman–Crippen MR) is 90.7 cm³/mol. The zero-order chi connectivity index (χ0) is 19.7. The summed E-state index contributed by atoms with van der Waals surface area (Å²) < 4.78 is 0. The quantitative estimate of drug-likeness (QED) is 0.408. The molecule has 2 atom stereocenters. The van der Waals surface area contributed by atoms with E-state index in [-0.39, 0.29) is 38.5 Å². The summed E-state index contributed by atoms with van der Waals surface area (Å²) >= 11 is 0. The molecule has 0 saturated heterocycles. The first kappa shape index (κ1) is 21.9. The topological polar surface area (TPSA) is 149 Å². The molecule has 1 rings (SSSR count). The van der Waals surface area contributed by atoms with Crippen LogP contribution in [0.1, 0.15) is 70.6 Å². The molecule has 148 valence electrons. The summed E-state index contributed by atoms with van der Waals surface area (Å²) in [5.41, 5.74) is -0.951. The van der Waals surface area contributed by atoms with Gasteiger partial charge in [-0.15, -0.1) is 0 Å². The second kappa shape index (κ2) is 10.1. The summed E-state index contributed by atoms with van der Waals surface area (Å²) in [4.78, 5) is 45.4. The van der Waals surface area contributed by atoms with Crippen molar-refractivity contribution in [3.63, 3.8) is 0 Å². The van der Waals surface area contributed by atoms with E-state index in [1.54, 1.807) is 0 Å². The van der Waals surface area contributed by atoms with Crippen LogP contribution in [-0.2, 0) is 19.2 Å². The molecule has 0 aliphatic heterocycles. The highest BCUT2D eigenvalue weighted by atomic mass is 16.4. The number of carboxylic acid groups (broad SMARTS) is 4. The lowest BCUT2D eigenvalue weighted by Crippen LogP contribution is -2.46. The smallest absolute Gasteiger partial charge is 0.307 e. The van der Waals surface area contributed by atoms with Crippen LogP contribution in [0.25, 0.3) is 0 Å². The van der Waals surface area contributed by atoms with Gasteiger partial charge in [-0.2, -0.15) is 0 Å². The van der Waals surface area contributed by atoms with E-state index in [9.17, 15) is 29.4 Å². The van der Waals surface area contributed by atoms with Crippen LogP contribution in [-0.4, -0.2) is 44.3 Å². The lowest BCUT2D eigenvalue weighted by Gasteiger charge is -2.46. The van der Waals surface area contributed by atoms with Gasteiger partial charge in [0, 0.05) is 12.8 Å². The van der Waals surface area contributed by atoms with Gasteiger partial charge < -0.3 is 20.4 Å². The lowest BCUT2D eigenvalue weighted by molar-refractivity contribution is -0.161. The number of carbonyl (C=O) groups is 4. The molecule has 0 bridgehead atoms. The van der Waals surface area contributed by atoms with Gasteiger partial charge in [0.15, 0.2) is 0 Å². The van der Waals surface area contributed by atoms with Crippen molar-refractivity contribution >= 4 is 23.9 Å². The van der Waals surface area contributed by atoms with Crippen molar-refractivity contribution in [1.82, 2.24) is 0 Å². The maximum Gasteiger partial charge on any atom is 0.307 e. The highest BCUT2D eigenvalue weighted by Crippen LogP contribution is 2.52. The maximum absolute atomic E-state index is 12.0. The summed E-state index contributed by atoms with van der Waals surface area (Å²) in [6.07, 6.45) is 3.55. The van der Waals surface area contributed by atoms with Gasteiger partial charge in [-0.05, 0) is 43.9 Å². The van der Waals surface area contributed by atoms with Crippen molar-refractivity contribution in [1.29, 1.82) is 0 Å². The molecule has 1 aliphatic rings. The molecule has 0 aromatic carbocycles. The van der Waals surface area contributed by atoms with E-state index < -0.39 is 41.1 Å². The Bertz CT molecular complexity index is 481. The third-order valence-electron chi connectivity index (χ3n) is 5.54. The first-order valence-corrected chi connectivity index (χ1v) is 9.10. The highest BCUT2D eigenvalue weighted by Gasteiger charge is 2.51. The van der Waals surface area contributed by atoms with Crippen LogP contribution in [0.5, 0.6) is 0 Å². The molecule has 0 radical (unpaired) electrons. The summed E-state index contributed by atoms with van der Waals surface area (Å²) in [5.74, 6) is -6.09. The van der Waals surface area contributed by atoms with Crippen LogP contribution in [0.4, 0.5) is 0 Å². The van der Waals surface area contributed by atoms with Crippen molar-refractivity contribution in [2.45, 2.75) is 70.6 Å². The Hall–Kier alpha value is -2.12. The summed E-state index contributed by atoms with van der Waals surface area (Å²) in [7, 11) is 0. The third-order valence-corrected chi connectivity index (χ3v) is 5.54. The van der Waals surface area contributed by atoms with Crippen LogP contribution in [0, 0.1) is 17.3 Å². The summed E-state index contributed by atoms with van der Waals surface area (Å²) in [6, 6.07) is 0. The van der Waals surface area contributed by atoms with Gasteiger partial charge in [-0.1, -0.05) is 19.3 Å². The Morgan fingerprint density at radius 2 is 1.08 bits per heavy atom. The van der Waals surface area contributed by atoms with Gasteiger partial charge in [0.2, 0.25) is 0 Å². The zero-order valence-corrected chi connectivity index (χ0v) is 14.9. The number of rotatable bonds is 12. The Morgan fingerprint density at radius 3 is 1.38 bits per heavy atom. The average Bonchev–Trinajstić information content (AvgIpc) is 2.55. The number of carboxylic acids is 4. The van der Waals surface area contributed by atoms with Crippen LogP contribution < -0.4 is 0 Å². The largest absolute Gasteiger partial charge is 0.481 e. The lowest BCUT2D eigenvalue weighted by atomic mass is 9.57. The molecule has 1 saturated carbocycles. The fourth-order valence-electron chi connectivity index (χ4n) is 4.38. The van der Waals surface area contributed by atoms with Gasteiger partial charge in [0.25, 0.3) is 0 Å². The second-order valence-electron chi connectivity index (χ2n) is 7.15. The highest BCUT2D eigenvalue weighted by molar-refractivity contribution is 5.76. The van der Waals surface area contributed by atoms with Crippen LogP contribution in [0.3, 0.4) is 0 Å². The molecule has 0 aromatic rings. The molecule has 0 heterocycles. The first-order chi connectivity index (χ1) is 12.2. The van der Waals surface area contributed by atoms with Crippen molar-refractivity contribution < 1.29 is 39.6 Å². The van der Waals surface area contributed by atoms with Gasteiger partial charge in [-0.3, -0.25) is 19.2 Å². The molecule has 26 heavy (non-hydrogen) atoms. The van der Waals surface area contributed by atoms with E-state index in [1.165, 1.54) is 0 Å². The third kappa shape index (κ3) is 6.00. The number of aliphatic carboxylic acids is 4. The fraction of sp³-hybridized carbons (Fsp3) is 0.778. The van der Waals surface area contributed by atoms with Crippen molar-refractivity contribution in [2.75, 3.05) is 0 Å². The minimum atomic E-state index is -1.10. The monoisotopic (exact) mass is 372 g/mol. The Balaban J connectivity index is 3.09. The molecular weight excluding hydrogens is 344 g/mol. The minimum Gasteiger partial charge on any atom is -0.481 e. The molecule has 0 aromatic heterocycles. The molecule has 1 aliphatic carbocycles. The van der Waals surface area contributed by atoms with E-state index in [1.807, 2.05) is 0 Å². The molecule has 8 nitrogen and oxygen atoms in total. The zero-order valence-electron chi connectivity index (χ0n) is 14.9. The predicted octanol–water partition coefficient (Wildman–Crippen LogP) is 2.85. The molecule has 2 unspecified atom stereocenters. The van der Waals surface area contributed by atoms with E-state index in [0.717, 1.165) is 19.3 Å². The summed E-state index contributed by atoms with van der Waals surface area (Å²) in [6.45, 7) is 0. The normalized spacial score (nSPS) is 18.6. The average molecular weight is 372 g/mol.